The molecule has 13 heteroatoms. The molecule has 0 radical (unpaired) electrons. The highest BCUT2D eigenvalue weighted by molar-refractivity contribution is 6.02. The fraction of sp³-hybridized carbons (Fsp3) is 0.484. The summed E-state index contributed by atoms with van der Waals surface area (Å²) >= 11 is 0. The summed E-state index contributed by atoms with van der Waals surface area (Å²) in [6.07, 6.45) is 5.01. The molecule has 1 aliphatic heterocycles. The Morgan fingerprint density at radius 3 is 2.52 bits per heavy atom. The molecule has 0 unspecified atom stereocenters. The number of nitro benzene ring substituents is 1. The number of hydrogen-bond acceptors (Lipinski definition) is 9. The van der Waals surface area contributed by atoms with Crippen molar-refractivity contribution >= 4 is 35.6 Å². The van der Waals surface area contributed by atoms with Gasteiger partial charge in [-0.25, -0.2) is 0 Å². The van der Waals surface area contributed by atoms with Crippen LogP contribution in [0.25, 0.3) is 0 Å². The fourth-order valence-electron chi connectivity index (χ4n) is 5.65. The summed E-state index contributed by atoms with van der Waals surface area (Å²) in [5.41, 5.74) is -0.0625. The Labute approximate surface area is 255 Å². The van der Waals surface area contributed by atoms with Crippen molar-refractivity contribution in [3.63, 3.8) is 0 Å². The van der Waals surface area contributed by atoms with Crippen molar-refractivity contribution in [2.45, 2.75) is 82.5 Å². The van der Waals surface area contributed by atoms with Gasteiger partial charge in [0.25, 0.3) is 12.4 Å². The molecule has 2 aromatic rings. The number of nitro groups is 1. The monoisotopic (exact) mass is 609 g/mol. The maximum absolute atomic E-state index is 13.7. The quantitative estimate of drug-likeness (QED) is 0.142. The lowest BCUT2D eigenvalue weighted by atomic mass is 9.95. The van der Waals surface area contributed by atoms with E-state index < -0.39 is 40.5 Å². The number of benzene rings is 2. The Kier molecular flexibility index (Phi) is 11.4. The predicted octanol–water partition coefficient (Wildman–Crippen LogP) is 2.39. The van der Waals surface area contributed by atoms with Crippen LogP contribution >= 0.6 is 0 Å². The van der Waals surface area contributed by atoms with Crippen LogP contribution in [0.5, 0.6) is 5.75 Å². The van der Waals surface area contributed by atoms with E-state index >= 15 is 0 Å². The second-order valence-corrected chi connectivity index (χ2v) is 11.3. The number of aliphatic hydroxyl groups excluding tert-OH is 1. The van der Waals surface area contributed by atoms with Gasteiger partial charge in [-0.05, 0) is 44.2 Å². The zero-order valence-corrected chi connectivity index (χ0v) is 24.7. The highest BCUT2D eigenvalue weighted by Gasteiger charge is 2.32. The summed E-state index contributed by atoms with van der Waals surface area (Å²) in [5, 5.41) is 32.0. The molecule has 1 aliphatic carbocycles. The fourth-order valence-corrected chi connectivity index (χ4v) is 5.65. The number of rotatable bonds is 14. The number of nitrogens with zero attached hydrogens (tertiary/aromatic N) is 2. The third-order valence-electron chi connectivity index (χ3n) is 8.10. The molecule has 236 valence electrons. The van der Waals surface area contributed by atoms with E-state index in [4.69, 9.17) is 4.74 Å². The first-order valence-electron chi connectivity index (χ1n) is 15.0. The number of nitrogens with one attached hydrogen (secondary N) is 3. The third kappa shape index (κ3) is 8.38. The SMILES string of the molecule is C[C@H](NC[C@@H](O)[C@H](Cc1ccccc1)NC(=O)c1cc(N2CCCC2=O)cc([N+](=O)[O-])c1OC=O)C(=O)NC1CCCCC1. The number of aliphatic hydroxyl groups is 1. The third-order valence-corrected chi connectivity index (χ3v) is 8.10. The Hall–Kier alpha value is -4.36. The Balaban J connectivity index is 1.55. The van der Waals surface area contributed by atoms with Crippen LogP contribution in [0, 0.1) is 10.1 Å². The largest absolute Gasteiger partial charge is 0.420 e. The van der Waals surface area contributed by atoms with Gasteiger partial charge in [0.15, 0.2) is 0 Å². The number of carbonyl (C=O) groups excluding carboxylic acids is 4. The van der Waals surface area contributed by atoms with Gasteiger partial charge in [-0.1, -0.05) is 49.6 Å². The number of carbonyl (C=O) groups is 4. The molecule has 2 aliphatic rings. The number of anilines is 1. The topological polar surface area (TPSA) is 180 Å². The van der Waals surface area contributed by atoms with Crippen LogP contribution in [0.3, 0.4) is 0 Å². The molecule has 4 rings (SSSR count). The molecule has 1 saturated carbocycles. The normalized spacial score (nSPS) is 17.4. The highest BCUT2D eigenvalue weighted by Crippen LogP contribution is 2.37. The second kappa shape index (κ2) is 15.4. The maximum atomic E-state index is 13.7. The van der Waals surface area contributed by atoms with Gasteiger partial charge < -0.3 is 30.7 Å². The molecule has 0 spiro atoms. The van der Waals surface area contributed by atoms with E-state index in [1.54, 1.807) is 6.92 Å². The Morgan fingerprint density at radius 2 is 1.89 bits per heavy atom. The lowest BCUT2D eigenvalue weighted by Gasteiger charge is -2.28. The van der Waals surface area contributed by atoms with E-state index in [1.165, 1.54) is 11.0 Å². The first-order chi connectivity index (χ1) is 21.2. The molecular formula is C31H39N5O8. The van der Waals surface area contributed by atoms with Gasteiger partial charge in [-0.3, -0.25) is 29.3 Å². The molecule has 13 nitrogen and oxygen atoms in total. The molecule has 1 saturated heterocycles. The molecule has 2 aromatic carbocycles. The lowest BCUT2D eigenvalue weighted by Crippen LogP contribution is -2.53. The van der Waals surface area contributed by atoms with Crippen molar-refractivity contribution < 1.29 is 33.9 Å². The van der Waals surface area contributed by atoms with Crippen LogP contribution in [0.2, 0.25) is 0 Å². The summed E-state index contributed by atoms with van der Waals surface area (Å²) in [7, 11) is 0. The average molecular weight is 610 g/mol. The average Bonchev–Trinajstić information content (AvgIpc) is 3.46. The van der Waals surface area contributed by atoms with Crippen molar-refractivity contribution in [1.82, 2.24) is 16.0 Å². The lowest BCUT2D eigenvalue weighted by molar-refractivity contribution is -0.385. The minimum absolute atomic E-state index is 0.0141. The smallest absolute Gasteiger partial charge is 0.314 e. The van der Waals surface area contributed by atoms with Gasteiger partial charge in [-0.15, -0.1) is 0 Å². The van der Waals surface area contributed by atoms with Crippen LogP contribution < -0.4 is 25.6 Å². The van der Waals surface area contributed by atoms with Gasteiger partial charge in [0.1, 0.15) is 0 Å². The van der Waals surface area contributed by atoms with Crippen LogP contribution in [-0.2, 0) is 20.8 Å². The van der Waals surface area contributed by atoms with Gasteiger partial charge >= 0.3 is 5.69 Å². The van der Waals surface area contributed by atoms with Gasteiger partial charge in [-0.2, -0.15) is 0 Å². The van der Waals surface area contributed by atoms with E-state index in [2.05, 4.69) is 16.0 Å². The van der Waals surface area contributed by atoms with E-state index in [0.29, 0.717) is 13.0 Å². The van der Waals surface area contributed by atoms with Crippen molar-refractivity contribution in [3.8, 4) is 5.75 Å². The summed E-state index contributed by atoms with van der Waals surface area (Å²) in [6.45, 7) is 1.96. The first kappa shape index (κ1) is 32.6. The van der Waals surface area contributed by atoms with Gasteiger partial charge in [0, 0.05) is 31.6 Å². The van der Waals surface area contributed by atoms with Crippen molar-refractivity contribution in [2.24, 2.45) is 0 Å². The van der Waals surface area contributed by atoms with Gasteiger partial charge in [0.05, 0.1) is 34.4 Å². The van der Waals surface area contributed by atoms with Gasteiger partial charge in [0.2, 0.25) is 17.6 Å². The number of amides is 3. The van der Waals surface area contributed by atoms with Crippen molar-refractivity contribution in [2.75, 3.05) is 18.0 Å². The molecule has 0 bridgehead atoms. The number of hydrogen-bond donors (Lipinski definition) is 4. The number of ether oxygens (including phenoxy) is 1. The molecule has 44 heavy (non-hydrogen) atoms. The van der Waals surface area contributed by atoms with E-state index in [0.717, 1.165) is 43.7 Å². The molecule has 3 atom stereocenters. The summed E-state index contributed by atoms with van der Waals surface area (Å²) < 4.78 is 4.92. The second-order valence-electron chi connectivity index (χ2n) is 11.3. The zero-order valence-electron chi connectivity index (χ0n) is 24.7. The highest BCUT2D eigenvalue weighted by atomic mass is 16.6. The molecule has 1 heterocycles. The van der Waals surface area contributed by atoms with E-state index in [9.17, 15) is 34.4 Å². The van der Waals surface area contributed by atoms with E-state index in [-0.39, 0.29) is 55.0 Å². The molecule has 2 fully saturated rings. The molecular weight excluding hydrogens is 570 g/mol. The Morgan fingerprint density at radius 1 is 1.16 bits per heavy atom. The molecule has 4 N–H and O–H groups in total. The van der Waals surface area contributed by atoms with Crippen molar-refractivity contribution in [1.29, 1.82) is 0 Å². The molecule has 3 amide bonds. The van der Waals surface area contributed by atoms with Crippen LogP contribution in [-0.4, -0.2) is 71.5 Å². The van der Waals surface area contributed by atoms with Crippen LogP contribution in [0.15, 0.2) is 42.5 Å². The van der Waals surface area contributed by atoms with E-state index in [1.807, 2.05) is 30.3 Å². The summed E-state index contributed by atoms with van der Waals surface area (Å²) in [6, 6.07) is 10.1. The minimum atomic E-state index is -1.18. The molecule has 0 aromatic heterocycles. The minimum Gasteiger partial charge on any atom is -0.420 e. The maximum Gasteiger partial charge on any atom is 0.314 e. The van der Waals surface area contributed by atoms with Crippen LogP contribution in [0.4, 0.5) is 11.4 Å². The first-order valence-corrected chi connectivity index (χ1v) is 15.0. The zero-order chi connectivity index (χ0) is 31.6. The Bertz CT molecular complexity index is 1350. The summed E-state index contributed by atoms with van der Waals surface area (Å²) in [5.74, 6) is -1.85. The standard InChI is InChI=1S/C31H39N5O8/c1-20(30(40)33-22-11-6-3-7-12-22)32-18-27(38)25(15-21-9-4-2-5-10-21)34-31(41)24-16-23(35-14-8-13-28(35)39)17-26(36(42)43)29(24)44-19-37/h2,4-5,9-10,16-17,19-20,22,25,27,32,38H,3,6-8,11-15,18H2,1H3,(H,33,40)(H,34,41)/t20-,25-,27+/m0/s1. The van der Waals surface area contributed by atoms with Crippen molar-refractivity contribution in [3.05, 3.63) is 63.7 Å². The predicted molar refractivity (Wildman–Crippen MR) is 161 cm³/mol. The van der Waals surface area contributed by atoms with Crippen LogP contribution in [0.1, 0.15) is 67.8 Å². The summed E-state index contributed by atoms with van der Waals surface area (Å²) in [4.78, 5) is 62.6.